The molecular weight excluding hydrogens is 466 g/mol. The van der Waals surface area contributed by atoms with Gasteiger partial charge in [-0.1, -0.05) is 36.4 Å². The van der Waals surface area contributed by atoms with Crippen molar-refractivity contribution in [2.45, 2.75) is 43.2 Å². The lowest BCUT2D eigenvalue weighted by Crippen LogP contribution is -2.50. The van der Waals surface area contributed by atoms with Gasteiger partial charge in [0.2, 0.25) is 17.7 Å². The van der Waals surface area contributed by atoms with Crippen LogP contribution in [0.25, 0.3) is 6.08 Å². The summed E-state index contributed by atoms with van der Waals surface area (Å²) in [5.41, 5.74) is 1.61. The molecule has 2 rings (SSSR count). The average molecular weight is 494 g/mol. The number of benzene rings is 1. The quantitative estimate of drug-likeness (QED) is 0.232. The number of carbonyl (C=O) groups excluding carboxylic acids is 3. The van der Waals surface area contributed by atoms with E-state index in [-0.39, 0.29) is 18.6 Å². The smallest absolute Gasteiger partial charge is 0.326 e. The Kier molecular flexibility index (Phi) is 10.1. The Morgan fingerprint density at radius 1 is 1.06 bits per heavy atom. The second-order valence-corrected chi connectivity index (χ2v) is 8.80. The molecule has 6 N–H and O–H groups in total. The third-order valence-electron chi connectivity index (χ3n) is 4.95. The predicted molar refractivity (Wildman–Crippen MR) is 124 cm³/mol. The highest BCUT2D eigenvalue weighted by Gasteiger charge is 2.28. The van der Waals surface area contributed by atoms with Crippen LogP contribution in [0.4, 0.5) is 0 Å². The highest BCUT2D eigenvalue weighted by atomic mass is 32.2. The van der Waals surface area contributed by atoms with Crippen LogP contribution in [0, 0.1) is 0 Å². The molecule has 1 aliphatic carbocycles. The molecule has 0 aromatic heterocycles. The molecule has 184 valence electrons. The molecule has 0 spiro atoms. The van der Waals surface area contributed by atoms with Crippen LogP contribution in [0.3, 0.4) is 0 Å². The monoisotopic (exact) mass is 493 g/mol. The Labute approximate surface area is 200 Å². The number of aliphatic hydroxyl groups excluding tert-OH is 1. The number of aliphatic carboxylic acids is 2. The molecule has 1 aliphatic rings. The highest BCUT2D eigenvalue weighted by molar-refractivity contribution is 8.00. The molecule has 1 aromatic carbocycles. The van der Waals surface area contributed by atoms with Gasteiger partial charge < -0.3 is 31.3 Å². The molecule has 3 amide bonds. The van der Waals surface area contributed by atoms with Crippen molar-refractivity contribution in [1.82, 2.24) is 16.0 Å². The predicted octanol–water partition coefficient (Wildman–Crippen LogP) is -0.0963. The summed E-state index contributed by atoms with van der Waals surface area (Å²) in [6.07, 6.45) is 2.32. The van der Waals surface area contributed by atoms with Crippen molar-refractivity contribution >= 4 is 47.5 Å². The third-order valence-corrected chi connectivity index (χ3v) is 6.27. The Morgan fingerprint density at radius 3 is 2.41 bits per heavy atom. The van der Waals surface area contributed by atoms with E-state index >= 15 is 0 Å². The first-order valence-electron chi connectivity index (χ1n) is 10.4. The maximum absolute atomic E-state index is 12.5. The zero-order valence-electron chi connectivity index (χ0n) is 18.4. The number of thioether (sulfide) groups is 1. The van der Waals surface area contributed by atoms with Gasteiger partial charge >= 0.3 is 11.9 Å². The summed E-state index contributed by atoms with van der Waals surface area (Å²) in [5, 5.41) is 35.2. The van der Waals surface area contributed by atoms with E-state index < -0.39 is 59.6 Å². The van der Waals surface area contributed by atoms with Gasteiger partial charge in [-0.25, -0.2) is 4.79 Å². The van der Waals surface area contributed by atoms with E-state index in [1.807, 2.05) is 18.2 Å². The average Bonchev–Trinajstić information content (AvgIpc) is 2.78. The van der Waals surface area contributed by atoms with Crippen LogP contribution >= 0.6 is 11.8 Å². The van der Waals surface area contributed by atoms with Gasteiger partial charge in [0.15, 0.2) is 0 Å². The molecular formula is C22H27N3O8S. The molecule has 34 heavy (non-hydrogen) atoms. The molecule has 12 heteroatoms. The Bertz CT molecular complexity index is 967. The molecule has 0 fully saturated rings. The molecule has 1 aromatic rings. The Hall–Kier alpha value is -3.38. The zero-order chi connectivity index (χ0) is 25.3. The maximum atomic E-state index is 12.5. The fourth-order valence-electron chi connectivity index (χ4n) is 3.28. The Morgan fingerprint density at radius 2 is 1.76 bits per heavy atom. The number of carboxylic acids is 2. The topological polar surface area (TPSA) is 182 Å². The number of nitrogens with one attached hydrogen (secondary N) is 3. The van der Waals surface area contributed by atoms with Crippen LogP contribution in [-0.2, 0) is 24.0 Å². The summed E-state index contributed by atoms with van der Waals surface area (Å²) in [4.78, 5) is 58.1. The number of hydrogen-bond acceptors (Lipinski definition) is 7. The highest BCUT2D eigenvalue weighted by Crippen LogP contribution is 2.34. The minimum absolute atomic E-state index is 0.0273. The lowest BCUT2D eigenvalue weighted by molar-refractivity contribution is -0.142. The normalized spacial score (nSPS) is 18.2. The summed E-state index contributed by atoms with van der Waals surface area (Å²) in [6, 6.07) is 4.92. The van der Waals surface area contributed by atoms with Gasteiger partial charge in [0.05, 0.1) is 11.4 Å². The first-order chi connectivity index (χ1) is 16.1. The molecule has 0 radical (unpaired) electrons. The molecule has 0 bridgehead atoms. The van der Waals surface area contributed by atoms with Crippen LogP contribution in [-0.4, -0.2) is 74.6 Å². The third kappa shape index (κ3) is 8.19. The summed E-state index contributed by atoms with van der Waals surface area (Å²) in [7, 11) is 0. The number of fused-ring (bicyclic) bond motifs is 1. The summed E-state index contributed by atoms with van der Waals surface area (Å²) in [5.74, 6) is -4.46. The number of carbonyl (C=O) groups is 5. The van der Waals surface area contributed by atoms with Crippen LogP contribution < -0.4 is 16.0 Å². The largest absolute Gasteiger partial charge is 0.480 e. The second kappa shape index (κ2) is 12.8. The number of aliphatic hydroxyl groups is 1. The Balaban J connectivity index is 2.01. The number of hydrogen-bond donors (Lipinski definition) is 6. The van der Waals surface area contributed by atoms with Gasteiger partial charge in [-0.2, -0.15) is 0 Å². The molecule has 0 heterocycles. The van der Waals surface area contributed by atoms with Crippen molar-refractivity contribution in [3.8, 4) is 0 Å². The van der Waals surface area contributed by atoms with Crippen LogP contribution in [0.1, 0.15) is 37.0 Å². The lowest BCUT2D eigenvalue weighted by atomic mass is 9.95. The van der Waals surface area contributed by atoms with Gasteiger partial charge in [-0.15, -0.1) is 11.8 Å². The fourth-order valence-corrected chi connectivity index (χ4v) is 4.45. The first-order valence-corrected chi connectivity index (χ1v) is 11.5. The second-order valence-electron chi connectivity index (χ2n) is 7.59. The van der Waals surface area contributed by atoms with Crippen LogP contribution in [0.2, 0.25) is 0 Å². The molecule has 2 unspecified atom stereocenters. The number of carboxylic acid groups (broad SMARTS) is 2. The number of amides is 3. The van der Waals surface area contributed by atoms with E-state index in [1.54, 1.807) is 18.2 Å². The van der Waals surface area contributed by atoms with Crippen LogP contribution in [0.5, 0.6) is 0 Å². The molecule has 4 atom stereocenters. The van der Waals surface area contributed by atoms with Crippen molar-refractivity contribution in [2.24, 2.45) is 0 Å². The van der Waals surface area contributed by atoms with Crippen molar-refractivity contribution in [3.63, 3.8) is 0 Å². The van der Waals surface area contributed by atoms with Gasteiger partial charge in [0.1, 0.15) is 18.6 Å². The first kappa shape index (κ1) is 26.9. The van der Waals surface area contributed by atoms with E-state index in [0.29, 0.717) is 0 Å². The SMILES string of the molecule is CC(=O)N[C@@H](CCC(=O)N[C@@H](CSC1C=Cc2ccccc2C1O)C(=O)NCC(=O)O)C(=O)O. The number of rotatable bonds is 12. The summed E-state index contributed by atoms with van der Waals surface area (Å²) in [6.45, 7) is 0.515. The van der Waals surface area contributed by atoms with E-state index in [9.17, 15) is 29.1 Å². The van der Waals surface area contributed by atoms with E-state index in [1.165, 1.54) is 11.8 Å². The van der Waals surface area contributed by atoms with Crippen molar-refractivity contribution in [1.29, 1.82) is 0 Å². The van der Waals surface area contributed by atoms with Crippen molar-refractivity contribution in [2.75, 3.05) is 12.3 Å². The molecule has 0 saturated heterocycles. The molecule has 0 saturated carbocycles. The minimum Gasteiger partial charge on any atom is -0.480 e. The van der Waals surface area contributed by atoms with Gasteiger partial charge in [0.25, 0.3) is 0 Å². The van der Waals surface area contributed by atoms with E-state index in [0.717, 1.165) is 18.1 Å². The van der Waals surface area contributed by atoms with Gasteiger partial charge in [0, 0.05) is 19.1 Å². The minimum atomic E-state index is -1.30. The fraction of sp³-hybridized carbons (Fsp3) is 0.409. The standard InChI is InChI=1S/C22H27N3O8S/c1-12(26)24-15(22(32)33)7-9-18(27)25-16(21(31)23-10-19(28)29)11-34-17-8-6-13-4-2-3-5-14(13)20(17)30/h2-6,8,15-17,20,30H,7,9-11H2,1H3,(H,23,31)(H,24,26)(H,25,27)(H,28,29)(H,32,33)/t15-,16-,17?,20?/m0/s1. The van der Waals surface area contributed by atoms with E-state index in [2.05, 4.69) is 16.0 Å². The van der Waals surface area contributed by atoms with Gasteiger partial charge in [-0.3, -0.25) is 19.2 Å². The lowest BCUT2D eigenvalue weighted by Gasteiger charge is -2.27. The summed E-state index contributed by atoms with van der Waals surface area (Å²) < 4.78 is 0. The molecule has 11 nitrogen and oxygen atoms in total. The van der Waals surface area contributed by atoms with Crippen molar-refractivity contribution in [3.05, 3.63) is 41.5 Å². The van der Waals surface area contributed by atoms with E-state index in [4.69, 9.17) is 10.2 Å². The van der Waals surface area contributed by atoms with Crippen LogP contribution in [0.15, 0.2) is 30.3 Å². The maximum Gasteiger partial charge on any atom is 0.326 e. The van der Waals surface area contributed by atoms with Crippen molar-refractivity contribution < 1.29 is 39.3 Å². The molecule has 0 aliphatic heterocycles. The summed E-state index contributed by atoms with van der Waals surface area (Å²) >= 11 is 1.21. The zero-order valence-corrected chi connectivity index (χ0v) is 19.2. The van der Waals surface area contributed by atoms with Gasteiger partial charge in [-0.05, 0) is 17.5 Å².